The van der Waals surface area contributed by atoms with Gasteiger partial charge in [0.25, 0.3) is 5.91 Å². The Bertz CT molecular complexity index is 730. The first-order chi connectivity index (χ1) is 13.0. The van der Waals surface area contributed by atoms with Gasteiger partial charge in [-0.2, -0.15) is 0 Å². The van der Waals surface area contributed by atoms with Crippen LogP contribution in [-0.2, 0) is 4.79 Å². The van der Waals surface area contributed by atoms with E-state index in [1.807, 2.05) is 51.4 Å². The molecule has 6 heteroatoms. The average Bonchev–Trinajstić information content (AvgIpc) is 2.67. The zero-order valence-electron chi connectivity index (χ0n) is 16.1. The Morgan fingerprint density at radius 1 is 1.04 bits per heavy atom. The number of ether oxygens (including phenoxy) is 1. The molecule has 0 aliphatic rings. The number of rotatable bonds is 9. The van der Waals surface area contributed by atoms with E-state index in [-0.39, 0.29) is 24.4 Å². The summed E-state index contributed by atoms with van der Waals surface area (Å²) in [5.41, 5.74) is 1.54. The van der Waals surface area contributed by atoms with Crippen molar-refractivity contribution in [2.24, 2.45) is 0 Å². The van der Waals surface area contributed by atoms with Crippen molar-refractivity contribution in [1.29, 1.82) is 0 Å². The van der Waals surface area contributed by atoms with E-state index in [0.29, 0.717) is 17.9 Å². The highest BCUT2D eigenvalue weighted by Gasteiger charge is 2.18. The van der Waals surface area contributed by atoms with Crippen LogP contribution in [0.3, 0.4) is 0 Å². The molecule has 1 atom stereocenters. The van der Waals surface area contributed by atoms with Gasteiger partial charge in [-0.3, -0.25) is 9.59 Å². The first kappa shape index (κ1) is 20.5. The minimum Gasteiger partial charge on any atom is -0.494 e. The summed E-state index contributed by atoms with van der Waals surface area (Å²) < 4.78 is 5.36. The molecule has 2 aromatic rings. The second-order valence-corrected chi connectivity index (χ2v) is 6.58. The van der Waals surface area contributed by atoms with Gasteiger partial charge in [-0.15, -0.1) is 0 Å². The molecule has 0 saturated heterocycles. The zero-order valence-corrected chi connectivity index (χ0v) is 16.1. The van der Waals surface area contributed by atoms with Gasteiger partial charge in [0, 0.05) is 5.56 Å². The molecule has 0 aromatic heterocycles. The lowest BCUT2D eigenvalue weighted by atomic mass is 10.1. The number of carbonyl (C=O) groups excluding carboxylic acids is 2. The maximum atomic E-state index is 12.3. The number of likely N-dealkylation sites (N-methyl/N-ethyl adjacent to an activating group) is 1. The highest BCUT2D eigenvalue weighted by molar-refractivity contribution is 5.96. The average molecular weight is 370 g/mol. The van der Waals surface area contributed by atoms with Crippen LogP contribution in [0.15, 0.2) is 54.6 Å². The van der Waals surface area contributed by atoms with Crippen molar-refractivity contribution in [3.05, 3.63) is 65.7 Å². The number of hydrogen-bond donors (Lipinski definition) is 3. The third-order valence-electron chi connectivity index (χ3n) is 3.99. The van der Waals surface area contributed by atoms with Crippen LogP contribution < -0.4 is 20.3 Å². The van der Waals surface area contributed by atoms with E-state index in [9.17, 15) is 9.59 Å². The Kier molecular flexibility index (Phi) is 7.82. The van der Waals surface area contributed by atoms with Crippen molar-refractivity contribution in [3.63, 3.8) is 0 Å². The van der Waals surface area contributed by atoms with Crippen molar-refractivity contribution < 1.29 is 19.2 Å². The van der Waals surface area contributed by atoms with Gasteiger partial charge in [0.1, 0.15) is 18.3 Å². The second kappa shape index (κ2) is 10.3. The topological polar surface area (TPSA) is 71.9 Å². The van der Waals surface area contributed by atoms with Crippen molar-refractivity contribution in [2.45, 2.75) is 13.0 Å². The van der Waals surface area contributed by atoms with Crippen LogP contribution in [0.5, 0.6) is 5.75 Å². The smallest absolute Gasteiger partial charge is 0.251 e. The van der Waals surface area contributed by atoms with Crippen LogP contribution in [0.4, 0.5) is 0 Å². The Morgan fingerprint density at radius 3 is 2.30 bits per heavy atom. The molecule has 6 nitrogen and oxygen atoms in total. The maximum absolute atomic E-state index is 12.3. The molecular weight excluding hydrogens is 342 g/mol. The number of carbonyl (C=O) groups is 2. The normalized spacial score (nSPS) is 11.7. The van der Waals surface area contributed by atoms with E-state index in [4.69, 9.17) is 4.74 Å². The van der Waals surface area contributed by atoms with Crippen molar-refractivity contribution >= 4 is 11.8 Å². The Balaban J connectivity index is 1.90. The number of benzene rings is 2. The molecule has 0 heterocycles. The van der Waals surface area contributed by atoms with E-state index in [0.717, 1.165) is 12.1 Å². The lowest BCUT2D eigenvalue weighted by Crippen LogP contribution is -3.06. The predicted molar refractivity (Wildman–Crippen MR) is 105 cm³/mol. The summed E-state index contributed by atoms with van der Waals surface area (Å²) in [5.74, 6) is 0.204. The molecule has 27 heavy (non-hydrogen) atoms. The summed E-state index contributed by atoms with van der Waals surface area (Å²) >= 11 is 0. The predicted octanol–water partition coefficient (Wildman–Crippen LogP) is 0.817. The van der Waals surface area contributed by atoms with Crippen LogP contribution in [-0.4, -0.2) is 45.6 Å². The van der Waals surface area contributed by atoms with Gasteiger partial charge in [-0.05, 0) is 36.8 Å². The highest BCUT2D eigenvalue weighted by Crippen LogP contribution is 2.12. The summed E-state index contributed by atoms with van der Waals surface area (Å²) in [7, 11) is 4.07. The highest BCUT2D eigenvalue weighted by atomic mass is 16.5. The summed E-state index contributed by atoms with van der Waals surface area (Å²) in [6.07, 6.45) is 0. The fraction of sp³-hybridized carbons (Fsp3) is 0.333. The quantitative estimate of drug-likeness (QED) is 0.612. The fourth-order valence-corrected chi connectivity index (χ4v) is 2.72. The minimum atomic E-state index is -0.289. The molecule has 0 bridgehead atoms. The largest absolute Gasteiger partial charge is 0.494 e. The van der Waals surface area contributed by atoms with Gasteiger partial charge < -0.3 is 20.3 Å². The maximum Gasteiger partial charge on any atom is 0.251 e. The van der Waals surface area contributed by atoms with Crippen LogP contribution in [0.2, 0.25) is 0 Å². The Morgan fingerprint density at radius 2 is 1.70 bits per heavy atom. The van der Waals surface area contributed by atoms with Crippen LogP contribution in [0.1, 0.15) is 28.9 Å². The molecule has 0 unspecified atom stereocenters. The molecule has 0 aliphatic heterocycles. The first-order valence-corrected chi connectivity index (χ1v) is 9.14. The number of nitrogens with one attached hydrogen (secondary N) is 3. The summed E-state index contributed by atoms with van der Waals surface area (Å²) in [6.45, 7) is 3.16. The van der Waals surface area contributed by atoms with Crippen molar-refractivity contribution in [3.8, 4) is 5.75 Å². The number of amides is 2. The van der Waals surface area contributed by atoms with Gasteiger partial charge >= 0.3 is 0 Å². The standard InChI is InChI=1S/C21H27N3O3/c1-4-27-18-12-10-17(11-13-18)21(26)22-14-20(25)23-19(15-24(2)3)16-8-6-5-7-9-16/h5-13,19H,4,14-15H2,1-3H3,(H,22,26)(H,23,25)/p+1/t19-/m0/s1. The third kappa shape index (κ3) is 6.75. The second-order valence-electron chi connectivity index (χ2n) is 6.58. The van der Waals surface area contributed by atoms with Crippen LogP contribution >= 0.6 is 0 Å². The summed E-state index contributed by atoms with van der Waals surface area (Å²) in [6, 6.07) is 16.6. The molecule has 3 N–H and O–H groups in total. The lowest BCUT2D eigenvalue weighted by Gasteiger charge is -2.21. The zero-order chi connectivity index (χ0) is 19.6. The van der Waals surface area contributed by atoms with E-state index in [2.05, 4.69) is 10.6 Å². The number of quaternary nitrogens is 1. The molecular formula is C21H28N3O3+. The lowest BCUT2D eigenvalue weighted by molar-refractivity contribution is -0.860. The monoisotopic (exact) mass is 370 g/mol. The first-order valence-electron chi connectivity index (χ1n) is 9.14. The van der Waals surface area contributed by atoms with E-state index in [1.54, 1.807) is 24.3 Å². The van der Waals surface area contributed by atoms with E-state index >= 15 is 0 Å². The molecule has 2 aromatic carbocycles. The van der Waals surface area contributed by atoms with Crippen LogP contribution in [0.25, 0.3) is 0 Å². The van der Waals surface area contributed by atoms with Gasteiger partial charge in [0.05, 0.1) is 27.2 Å². The summed E-state index contributed by atoms with van der Waals surface area (Å²) in [4.78, 5) is 25.8. The molecule has 2 rings (SSSR count). The van der Waals surface area contributed by atoms with Crippen molar-refractivity contribution in [2.75, 3.05) is 33.8 Å². The fourth-order valence-electron chi connectivity index (χ4n) is 2.72. The van der Waals surface area contributed by atoms with E-state index < -0.39 is 0 Å². The van der Waals surface area contributed by atoms with E-state index in [1.165, 1.54) is 4.90 Å². The van der Waals surface area contributed by atoms with Gasteiger partial charge in [-0.25, -0.2) is 0 Å². The molecule has 0 spiro atoms. The molecule has 0 aliphatic carbocycles. The van der Waals surface area contributed by atoms with Gasteiger partial charge in [0.15, 0.2) is 0 Å². The molecule has 2 amide bonds. The van der Waals surface area contributed by atoms with Gasteiger partial charge in [0.2, 0.25) is 5.91 Å². The molecule has 0 saturated carbocycles. The van der Waals surface area contributed by atoms with Crippen molar-refractivity contribution in [1.82, 2.24) is 10.6 Å². The SMILES string of the molecule is CCOc1ccc(C(=O)NCC(=O)N[C@@H](C[NH+](C)C)c2ccccc2)cc1. The molecule has 0 fully saturated rings. The minimum absolute atomic E-state index is 0.0713. The van der Waals surface area contributed by atoms with Crippen LogP contribution in [0, 0.1) is 0 Å². The third-order valence-corrected chi connectivity index (χ3v) is 3.99. The summed E-state index contributed by atoms with van der Waals surface area (Å²) in [5, 5.41) is 5.66. The Labute approximate surface area is 160 Å². The Hall–Kier alpha value is -2.86. The van der Waals surface area contributed by atoms with Gasteiger partial charge in [-0.1, -0.05) is 30.3 Å². The molecule has 144 valence electrons. The number of hydrogen-bond acceptors (Lipinski definition) is 3. The molecule has 0 radical (unpaired) electrons.